The molecule has 0 unspecified atom stereocenters. The van der Waals surface area contributed by atoms with Crippen LogP contribution in [-0.4, -0.2) is 18.4 Å². The second-order valence-corrected chi connectivity index (χ2v) is 2.29. The van der Waals surface area contributed by atoms with Crippen LogP contribution in [0.2, 0.25) is 0 Å². The van der Waals surface area contributed by atoms with Gasteiger partial charge in [0.25, 0.3) is 0 Å². The topological polar surface area (TPSA) is 43.4 Å². The lowest BCUT2D eigenvalue weighted by Crippen LogP contribution is -2.22. The Bertz CT molecular complexity index is 151. The molecule has 0 aromatic carbocycles. The predicted molar refractivity (Wildman–Crippen MR) is 41.1 cm³/mol. The van der Waals surface area contributed by atoms with Gasteiger partial charge in [0.05, 0.1) is 6.61 Å². The summed E-state index contributed by atoms with van der Waals surface area (Å²) in [6.45, 7) is 5.36. The predicted octanol–water partition coefficient (Wildman–Crippen LogP) is 1.16. The van der Waals surface area contributed by atoms with Gasteiger partial charge in [0.2, 0.25) is 0 Å². The summed E-state index contributed by atoms with van der Waals surface area (Å²) in [4.78, 5) is 21.8. The summed E-state index contributed by atoms with van der Waals surface area (Å²) in [7, 11) is 0. The molecule has 0 radical (unpaired) electrons. The molecule has 0 bridgehead atoms. The van der Waals surface area contributed by atoms with Gasteiger partial charge in [0.15, 0.2) is 0 Å². The molecule has 64 valence electrons. The van der Waals surface area contributed by atoms with E-state index < -0.39 is 11.9 Å². The molecule has 0 aromatic heterocycles. The minimum absolute atomic E-state index is 0.0662. The van der Waals surface area contributed by atoms with Crippen molar-refractivity contribution in [3.63, 3.8) is 0 Å². The lowest BCUT2D eigenvalue weighted by molar-refractivity contribution is -0.150. The molecule has 0 aliphatic heterocycles. The zero-order chi connectivity index (χ0) is 8.85. The second kappa shape index (κ2) is 4.88. The zero-order valence-corrected chi connectivity index (χ0v) is 7.22. The molecule has 3 heteroatoms. The van der Waals surface area contributed by atoms with Crippen LogP contribution in [0.4, 0.5) is 0 Å². The lowest BCUT2D eigenvalue weighted by atomic mass is 10.1. The highest BCUT2D eigenvalue weighted by Crippen LogP contribution is 2.02. The van der Waals surface area contributed by atoms with Crippen LogP contribution < -0.4 is 0 Å². The summed E-state index contributed by atoms with van der Waals surface area (Å²) in [5.74, 6) is -1.08. The van der Waals surface area contributed by atoms with Gasteiger partial charge in [0.1, 0.15) is 11.7 Å². The number of rotatable bonds is 4. The van der Waals surface area contributed by atoms with Gasteiger partial charge >= 0.3 is 5.97 Å². The van der Waals surface area contributed by atoms with Crippen molar-refractivity contribution < 1.29 is 14.3 Å². The van der Waals surface area contributed by atoms with Crippen LogP contribution in [0.3, 0.4) is 0 Å². The number of carbonyl (C=O) groups excluding carboxylic acids is 2. The minimum atomic E-state index is -0.597. The molecule has 0 saturated heterocycles. The number of ether oxygens (including phenoxy) is 1. The van der Waals surface area contributed by atoms with Gasteiger partial charge in [-0.3, -0.25) is 9.59 Å². The first-order chi connectivity index (χ1) is 5.13. The van der Waals surface area contributed by atoms with Crippen molar-refractivity contribution in [3.05, 3.63) is 0 Å². The average Bonchev–Trinajstić information content (AvgIpc) is 2.02. The van der Waals surface area contributed by atoms with Crippen molar-refractivity contribution in [1.82, 2.24) is 0 Å². The third-order valence-electron chi connectivity index (χ3n) is 1.47. The van der Waals surface area contributed by atoms with E-state index in [1.807, 2.05) is 0 Å². The standard InChI is InChI=1S/C8H14O3/c1-4-7(9)6(3)8(10)11-5-2/h6H,4-5H2,1-3H3/t6-/m1/s1. The molecule has 0 rings (SSSR count). The SMILES string of the molecule is CCOC(=O)[C@H](C)C(=O)CC. The number of hydrogen-bond acceptors (Lipinski definition) is 3. The maximum Gasteiger partial charge on any atom is 0.316 e. The Balaban J connectivity index is 3.91. The minimum Gasteiger partial charge on any atom is -0.465 e. The van der Waals surface area contributed by atoms with Crippen LogP contribution in [-0.2, 0) is 14.3 Å². The highest BCUT2D eigenvalue weighted by molar-refractivity contribution is 5.98. The summed E-state index contributed by atoms with van der Waals surface area (Å²) < 4.78 is 4.67. The lowest BCUT2D eigenvalue weighted by Gasteiger charge is -2.06. The zero-order valence-electron chi connectivity index (χ0n) is 7.22. The first-order valence-electron chi connectivity index (χ1n) is 3.82. The van der Waals surface area contributed by atoms with Crippen molar-refractivity contribution >= 4 is 11.8 Å². The molecular formula is C8H14O3. The van der Waals surface area contributed by atoms with Gasteiger partial charge in [0, 0.05) is 6.42 Å². The Morgan fingerprint density at radius 3 is 2.27 bits per heavy atom. The van der Waals surface area contributed by atoms with E-state index in [0.717, 1.165) is 0 Å². The van der Waals surface area contributed by atoms with Crippen molar-refractivity contribution in [2.45, 2.75) is 27.2 Å². The Morgan fingerprint density at radius 2 is 1.91 bits per heavy atom. The maximum absolute atomic E-state index is 10.9. The van der Waals surface area contributed by atoms with E-state index in [-0.39, 0.29) is 5.78 Å². The number of carbonyl (C=O) groups is 2. The third kappa shape index (κ3) is 3.16. The number of esters is 1. The Labute approximate surface area is 66.7 Å². The van der Waals surface area contributed by atoms with Gasteiger partial charge in [-0.1, -0.05) is 6.92 Å². The molecule has 0 aliphatic carbocycles. The van der Waals surface area contributed by atoms with Crippen LogP contribution >= 0.6 is 0 Å². The highest BCUT2D eigenvalue weighted by Gasteiger charge is 2.20. The summed E-state index contributed by atoms with van der Waals surface area (Å²) in [5.41, 5.74) is 0. The third-order valence-corrected chi connectivity index (χ3v) is 1.47. The maximum atomic E-state index is 10.9. The normalized spacial score (nSPS) is 12.3. The summed E-state index contributed by atoms with van der Waals surface area (Å²) >= 11 is 0. The van der Waals surface area contributed by atoms with Gasteiger partial charge in [-0.15, -0.1) is 0 Å². The number of hydrogen-bond donors (Lipinski definition) is 0. The number of Topliss-reactive ketones (excluding diaryl/α,β-unsaturated/α-hetero) is 1. The molecule has 3 nitrogen and oxygen atoms in total. The summed E-state index contributed by atoms with van der Waals surface area (Å²) in [5, 5.41) is 0. The monoisotopic (exact) mass is 158 g/mol. The van der Waals surface area contributed by atoms with E-state index >= 15 is 0 Å². The molecule has 0 N–H and O–H groups in total. The fraction of sp³-hybridized carbons (Fsp3) is 0.750. The molecule has 0 amide bonds. The van der Waals surface area contributed by atoms with Crippen LogP contribution in [0.5, 0.6) is 0 Å². The summed E-state index contributed by atoms with van der Waals surface area (Å²) in [6, 6.07) is 0. The van der Waals surface area contributed by atoms with E-state index in [1.165, 1.54) is 0 Å². The van der Waals surface area contributed by atoms with Gasteiger partial charge in [-0.25, -0.2) is 0 Å². The van der Waals surface area contributed by atoms with Crippen LogP contribution in [0, 0.1) is 5.92 Å². The molecule has 0 aromatic rings. The molecule has 0 heterocycles. The van der Waals surface area contributed by atoms with Crippen molar-refractivity contribution in [2.24, 2.45) is 5.92 Å². The summed E-state index contributed by atoms with van der Waals surface area (Å²) in [6.07, 6.45) is 0.389. The van der Waals surface area contributed by atoms with E-state index in [4.69, 9.17) is 0 Å². The Kier molecular flexibility index (Phi) is 4.50. The van der Waals surface area contributed by atoms with Gasteiger partial charge in [-0.05, 0) is 13.8 Å². The van der Waals surface area contributed by atoms with E-state index in [0.29, 0.717) is 13.0 Å². The van der Waals surface area contributed by atoms with E-state index in [2.05, 4.69) is 4.74 Å². The van der Waals surface area contributed by atoms with Crippen molar-refractivity contribution in [1.29, 1.82) is 0 Å². The second-order valence-electron chi connectivity index (χ2n) is 2.29. The largest absolute Gasteiger partial charge is 0.465 e. The highest BCUT2D eigenvalue weighted by atomic mass is 16.5. The van der Waals surface area contributed by atoms with Crippen LogP contribution in [0.1, 0.15) is 27.2 Å². The molecule has 0 fully saturated rings. The van der Waals surface area contributed by atoms with Crippen LogP contribution in [0.15, 0.2) is 0 Å². The van der Waals surface area contributed by atoms with E-state index in [9.17, 15) is 9.59 Å². The van der Waals surface area contributed by atoms with Crippen molar-refractivity contribution in [3.8, 4) is 0 Å². The molecule has 0 saturated carbocycles. The fourth-order valence-electron chi connectivity index (χ4n) is 0.705. The quantitative estimate of drug-likeness (QED) is 0.455. The van der Waals surface area contributed by atoms with Gasteiger partial charge < -0.3 is 4.74 Å². The molecular weight excluding hydrogens is 144 g/mol. The first-order valence-corrected chi connectivity index (χ1v) is 3.82. The van der Waals surface area contributed by atoms with E-state index in [1.54, 1.807) is 20.8 Å². The number of ketones is 1. The molecule has 11 heavy (non-hydrogen) atoms. The first kappa shape index (κ1) is 10.1. The average molecular weight is 158 g/mol. The van der Waals surface area contributed by atoms with Crippen LogP contribution in [0.25, 0.3) is 0 Å². The van der Waals surface area contributed by atoms with Gasteiger partial charge in [-0.2, -0.15) is 0 Å². The molecule has 1 atom stereocenters. The smallest absolute Gasteiger partial charge is 0.316 e. The molecule has 0 aliphatic rings. The van der Waals surface area contributed by atoms with Crippen molar-refractivity contribution in [2.75, 3.05) is 6.61 Å². The Hall–Kier alpha value is -0.860. The fourth-order valence-corrected chi connectivity index (χ4v) is 0.705. The molecule has 0 spiro atoms. The Morgan fingerprint density at radius 1 is 1.36 bits per heavy atom.